The lowest BCUT2D eigenvalue weighted by molar-refractivity contribution is 0.0939. The van der Waals surface area contributed by atoms with E-state index in [0.717, 1.165) is 44.6 Å². The molecule has 0 unspecified atom stereocenters. The molecule has 0 spiro atoms. The van der Waals surface area contributed by atoms with Gasteiger partial charge in [-0.3, -0.25) is 4.79 Å². The zero-order valence-electron chi connectivity index (χ0n) is 13.8. The Morgan fingerprint density at radius 1 is 1.12 bits per heavy atom. The van der Waals surface area contributed by atoms with Crippen LogP contribution in [-0.4, -0.2) is 46.0 Å². The average molecular weight is 328 g/mol. The summed E-state index contributed by atoms with van der Waals surface area (Å²) in [5.74, 6) is 0.686. The van der Waals surface area contributed by atoms with Crippen molar-refractivity contribution in [1.29, 1.82) is 0 Å². The minimum Gasteiger partial charge on any atom is -0.366 e. The lowest BCUT2D eigenvalue weighted by atomic mass is 10.1. The molecule has 4 N–H and O–H groups in total. The van der Waals surface area contributed by atoms with E-state index < -0.39 is 0 Å². The van der Waals surface area contributed by atoms with Gasteiger partial charge in [0.15, 0.2) is 5.65 Å². The molecule has 0 radical (unpaired) electrons. The van der Waals surface area contributed by atoms with Gasteiger partial charge in [-0.1, -0.05) is 12.8 Å². The van der Waals surface area contributed by atoms with Crippen molar-refractivity contribution in [3.8, 4) is 0 Å². The van der Waals surface area contributed by atoms with E-state index in [1.54, 1.807) is 12.4 Å². The van der Waals surface area contributed by atoms with Crippen LogP contribution in [0.2, 0.25) is 0 Å². The number of carbonyl (C=O) groups is 1. The van der Waals surface area contributed by atoms with Gasteiger partial charge in [-0.2, -0.15) is 0 Å². The third-order valence-corrected chi connectivity index (χ3v) is 5.01. The first-order valence-electron chi connectivity index (χ1n) is 8.92. The molecule has 1 amide bonds. The second-order valence-corrected chi connectivity index (χ2v) is 6.78. The van der Waals surface area contributed by atoms with Gasteiger partial charge in [-0.05, 0) is 38.8 Å². The molecule has 7 heteroatoms. The van der Waals surface area contributed by atoms with Crippen LogP contribution >= 0.6 is 0 Å². The van der Waals surface area contributed by atoms with E-state index in [2.05, 4.69) is 30.9 Å². The summed E-state index contributed by atoms with van der Waals surface area (Å²) in [7, 11) is 0. The number of nitrogens with one attached hydrogen (secondary N) is 4. The van der Waals surface area contributed by atoms with Crippen molar-refractivity contribution in [2.24, 2.45) is 0 Å². The van der Waals surface area contributed by atoms with Crippen LogP contribution in [0.4, 0.5) is 5.82 Å². The van der Waals surface area contributed by atoms with E-state index in [0.29, 0.717) is 28.8 Å². The fourth-order valence-electron chi connectivity index (χ4n) is 3.64. The van der Waals surface area contributed by atoms with Crippen molar-refractivity contribution in [3.63, 3.8) is 0 Å². The van der Waals surface area contributed by atoms with Crippen LogP contribution in [0.15, 0.2) is 12.4 Å². The normalized spacial score (nSPS) is 19.7. The highest BCUT2D eigenvalue weighted by atomic mass is 16.1. The molecule has 1 saturated carbocycles. The number of piperidine rings is 1. The van der Waals surface area contributed by atoms with Crippen LogP contribution in [0, 0.1) is 0 Å². The highest BCUT2D eigenvalue weighted by Gasteiger charge is 2.21. The summed E-state index contributed by atoms with van der Waals surface area (Å²) in [6.07, 6.45) is 10.1. The first-order valence-corrected chi connectivity index (χ1v) is 8.92. The predicted molar refractivity (Wildman–Crippen MR) is 93.1 cm³/mol. The van der Waals surface area contributed by atoms with Crippen LogP contribution in [-0.2, 0) is 0 Å². The molecule has 4 rings (SSSR count). The summed E-state index contributed by atoms with van der Waals surface area (Å²) in [5.41, 5.74) is 1.88. The van der Waals surface area contributed by atoms with Crippen molar-refractivity contribution in [2.75, 3.05) is 18.4 Å². The number of aromatic amines is 1. The first kappa shape index (κ1) is 15.4. The Hall–Kier alpha value is -2.15. The maximum Gasteiger partial charge on any atom is 0.255 e. The maximum absolute atomic E-state index is 12.5. The summed E-state index contributed by atoms with van der Waals surface area (Å²) in [4.78, 5) is 24.6. The molecule has 2 aliphatic rings. The van der Waals surface area contributed by atoms with Gasteiger partial charge in [-0.15, -0.1) is 0 Å². The van der Waals surface area contributed by atoms with Crippen molar-refractivity contribution in [2.45, 2.75) is 50.6 Å². The fourth-order valence-corrected chi connectivity index (χ4v) is 3.64. The van der Waals surface area contributed by atoms with Gasteiger partial charge < -0.3 is 20.9 Å². The monoisotopic (exact) mass is 328 g/mol. The Balaban J connectivity index is 1.52. The van der Waals surface area contributed by atoms with E-state index in [1.165, 1.54) is 12.8 Å². The van der Waals surface area contributed by atoms with Crippen molar-refractivity contribution in [1.82, 2.24) is 25.6 Å². The van der Waals surface area contributed by atoms with Gasteiger partial charge in [-0.25, -0.2) is 9.97 Å². The summed E-state index contributed by atoms with van der Waals surface area (Å²) in [6.45, 7) is 2.04. The van der Waals surface area contributed by atoms with Crippen molar-refractivity contribution < 1.29 is 4.79 Å². The molecule has 3 heterocycles. The molecule has 1 aliphatic carbocycles. The number of hydrogen-bond acceptors (Lipinski definition) is 5. The summed E-state index contributed by atoms with van der Waals surface area (Å²) in [6, 6.07) is 0.708. The van der Waals surface area contributed by atoms with Crippen molar-refractivity contribution in [3.05, 3.63) is 18.0 Å². The van der Waals surface area contributed by atoms with Gasteiger partial charge in [0, 0.05) is 18.3 Å². The van der Waals surface area contributed by atoms with Gasteiger partial charge in [0.25, 0.3) is 5.91 Å². The molecule has 0 bridgehead atoms. The SMILES string of the molecule is O=C(NC1CCCC1)c1c[nH]c2ncc(NC3CCNCC3)nc12. The van der Waals surface area contributed by atoms with Crippen molar-refractivity contribution >= 4 is 22.9 Å². The van der Waals surface area contributed by atoms with Gasteiger partial charge >= 0.3 is 0 Å². The Morgan fingerprint density at radius 3 is 2.71 bits per heavy atom. The largest absolute Gasteiger partial charge is 0.366 e. The zero-order valence-corrected chi connectivity index (χ0v) is 13.8. The molecular formula is C17H24N6O. The number of hydrogen-bond donors (Lipinski definition) is 4. The fraction of sp³-hybridized carbons (Fsp3) is 0.588. The highest BCUT2D eigenvalue weighted by molar-refractivity contribution is 6.04. The Kier molecular flexibility index (Phi) is 4.34. The van der Waals surface area contributed by atoms with E-state index in [9.17, 15) is 4.79 Å². The van der Waals surface area contributed by atoms with Crippen LogP contribution in [0.3, 0.4) is 0 Å². The molecule has 2 aromatic heterocycles. The molecular weight excluding hydrogens is 304 g/mol. The molecule has 1 saturated heterocycles. The average Bonchev–Trinajstić information content (AvgIpc) is 3.25. The summed E-state index contributed by atoms with van der Waals surface area (Å²) in [5, 5.41) is 9.91. The number of carbonyl (C=O) groups excluding carboxylic acids is 1. The minimum atomic E-state index is -0.0542. The molecule has 7 nitrogen and oxygen atoms in total. The quantitative estimate of drug-likeness (QED) is 0.686. The second-order valence-electron chi connectivity index (χ2n) is 6.78. The Labute approximate surface area is 141 Å². The van der Waals surface area contributed by atoms with E-state index in [-0.39, 0.29) is 5.91 Å². The molecule has 2 aromatic rings. The van der Waals surface area contributed by atoms with Crippen LogP contribution in [0.1, 0.15) is 48.9 Å². The summed E-state index contributed by atoms with van der Waals surface area (Å²) < 4.78 is 0. The summed E-state index contributed by atoms with van der Waals surface area (Å²) >= 11 is 0. The molecule has 24 heavy (non-hydrogen) atoms. The van der Waals surface area contributed by atoms with Gasteiger partial charge in [0.2, 0.25) is 0 Å². The molecule has 128 valence electrons. The van der Waals surface area contributed by atoms with Gasteiger partial charge in [0.1, 0.15) is 11.3 Å². The number of fused-ring (bicyclic) bond motifs is 1. The van der Waals surface area contributed by atoms with Crippen LogP contribution in [0.25, 0.3) is 11.2 Å². The minimum absolute atomic E-state index is 0.0542. The van der Waals surface area contributed by atoms with E-state index in [1.807, 2.05) is 0 Å². The second kappa shape index (κ2) is 6.76. The van der Waals surface area contributed by atoms with E-state index >= 15 is 0 Å². The lowest BCUT2D eigenvalue weighted by Crippen LogP contribution is -2.35. The van der Waals surface area contributed by atoms with Crippen LogP contribution in [0.5, 0.6) is 0 Å². The maximum atomic E-state index is 12.5. The number of rotatable bonds is 4. The molecule has 0 aromatic carbocycles. The number of aromatic nitrogens is 3. The first-order chi connectivity index (χ1) is 11.8. The smallest absolute Gasteiger partial charge is 0.255 e. The predicted octanol–water partition coefficient (Wildman–Crippen LogP) is 1.79. The number of nitrogens with zero attached hydrogens (tertiary/aromatic N) is 2. The van der Waals surface area contributed by atoms with Gasteiger partial charge in [0.05, 0.1) is 11.8 Å². The molecule has 1 aliphatic heterocycles. The topological polar surface area (TPSA) is 94.7 Å². The number of H-pyrrole nitrogens is 1. The lowest BCUT2D eigenvalue weighted by Gasteiger charge is -2.23. The zero-order chi connectivity index (χ0) is 16.4. The third kappa shape index (κ3) is 3.21. The Morgan fingerprint density at radius 2 is 1.92 bits per heavy atom. The van der Waals surface area contributed by atoms with Crippen LogP contribution < -0.4 is 16.0 Å². The highest BCUT2D eigenvalue weighted by Crippen LogP contribution is 2.21. The standard InChI is InChI=1S/C17H24N6O/c24-17(22-11-3-1-2-4-11)13-9-19-16-15(13)23-14(10-20-16)21-12-5-7-18-8-6-12/h9-12,18H,1-8H2,(H,19,20)(H,21,23)(H,22,24). The van der Waals surface area contributed by atoms with E-state index in [4.69, 9.17) is 0 Å². The molecule has 2 fully saturated rings. The third-order valence-electron chi connectivity index (χ3n) is 5.01. The molecule has 0 atom stereocenters. The number of anilines is 1. The Bertz CT molecular complexity index is 715. The number of amides is 1.